The summed E-state index contributed by atoms with van der Waals surface area (Å²) in [5.74, 6) is -0.0625. The van der Waals surface area contributed by atoms with Crippen LogP contribution in [0.2, 0.25) is 32.7 Å². The number of carbonyl (C=O) groups excluding carboxylic acids is 1. The smallest absolute Gasteiger partial charge is 0.155 e. The number of rotatable bonds is 4. The molecule has 0 bridgehead atoms. The summed E-state index contributed by atoms with van der Waals surface area (Å²) in [6.45, 7) is 24.4. The molecule has 1 aliphatic heterocycles. The molecule has 251 valence electrons. The van der Waals surface area contributed by atoms with Gasteiger partial charge >= 0.3 is 0 Å². The fourth-order valence-corrected chi connectivity index (χ4v) is 12.2. The van der Waals surface area contributed by atoms with Crippen molar-refractivity contribution in [1.82, 2.24) is 4.98 Å². The van der Waals surface area contributed by atoms with E-state index in [-0.39, 0.29) is 37.1 Å². The van der Waals surface area contributed by atoms with Crippen molar-refractivity contribution in [1.29, 1.82) is 0 Å². The van der Waals surface area contributed by atoms with Crippen molar-refractivity contribution in [3.8, 4) is 33.5 Å². The first-order valence-electron chi connectivity index (χ1n) is 16.5. The third kappa shape index (κ3) is 7.28. The number of hydrogen-bond donors (Lipinski definition) is 1. The molecule has 1 aliphatic rings. The predicted octanol–water partition coefficient (Wildman–Crippen LogP) is 9.36. The van der Waals surface area contributed by atoms with E-state index >= 15 is 0 Å². The average Bonchev–Trinajstić information content (AvgIpc) is 3.22. The summed E-state index contributed by atoms with van der Waals surface area (Å²) in [5, 5.41) is 15.3. The van der Waals surface area contributed by atoms with Crippen molar-refractivity contribution in [3.63, 3.8) is 0 Å². The van der Waals surface area contributed by atoms with E-state index in [1.54, 1.807) is 5.19 Å². The second-order valence-corrected chi connectivity index (χ2v) is 24.8. The molecule has 0 spiro atoms. The molecule has 0 unspecified atom stereocenters. The molecule has 5 aromatic rings. The van der Waals surface area contributed by atoms with E-state index in [2.05, 4.69) is 139 Å². The number of fused-ring (bicyclic) bond motifs is 4. The van der Waals surface area contributed by atoms with Gasteiger partial charge in [-0.2, -0.15) is 0 Å². The van der Waals surface area contributed by atoms with Crippen LogP contribution in [0.1, 0.15) is 45.7 Å². The van der Waals surface area contributed by atoms with Gasteiger partial charge in [0.15, 0.2) is 5.78 Å². The Morgan fingerprint density at radius 1 is 0.875 bits per heavy atom. The van der Waals surface area contributed by atoms with Gasteiger partial charge in [-0.25, -0.2) is 0 Å². The SMILES string of the molecule is CC(=O)/C=C(/C)O.Cc1c(-c2ccc([Si](C)(C)C)cc2)ccc2c1[Si](C)(C)c1c-2ccnc1-c1[c-]c2ccccc2c(C(C)(C)C)c1.[Ir]. The predicted molar refractivity (Wildman–Crippen MR) is 207 cm³/mol. The molecule has 1 aromatic heterocycles. The summed E-state index contributed by atoms with van der Waals surface area (Å²) in [5.41, 5.74) is 10.5. The van der Waals surface area contributed by atoms with Crippen LogP contribution in [-0.2, 0) is 30.3 Å². The van der Waals surface area contributed by atoms with E-state index in [0.717, 1.165) is 11.3 Å². The van der Waals surface area contributed by atoms with E-state index in [1.165, 1.54) is 74.5 Å². The zero-order valence-electron chi connectivity index (χ0n) is 30.2. The van der Waals surface area contributed by atoms with Crippen LogP contribution in [0.5, 0.6) is 0 Å². The topological polar surface area (TPSA) is 50.2 Å². The Morgan fingerprint density at radius 2 is 1.48 bits per heavy atom. The van der Waals surface area contributed by atoms with Crippen molar-refractivity contribution < 1.29 is 30.0 Å². The number of carbonyl (C=O) groups is 1. The van der Waals surface area contributed by atoms with Crippen LogP contribution in [0.15, 0.2) is 90.8 Å². The summed E-state index contributed by atoms with van der Waals surface area (Å²) in [7, 11) is -3.39. The summed E-state index contributed by atoms with van der Waals surface area (Å²) < 4.78 is 0. The molecule has 3 nitrogen and oxygen atoms in total. The van der Waals surface area contributed by atoms with E-state index < -0.39 is 16.1 Å². The molecule has 2 heterocycles. The van der Waals surface area contributed by atoms with Crippen LogP contribution in [0.25, 0.3) is 44.3 Å². The monoisotopic (exact) mass is 847 g/mol. The van der Waals surface area contributed by atoms with Gasteiger partial charge in [-0.1, -0.05) is 129 Å². The molecule has 6 heteroatoms. The number of allylic oxidation sites excluding steroid dienone is 2. The van der Waals surface area contributed by atoms with Crippen molar-refractivity contribution in [2.45, 2.75) is 79.7 Å². The maximum absolute atomic E-state index is 10.0. The molecule has 4 aromatic carbocycles. The maximum atomic E-state index is 10.0. The van der Waals surface area contributed by atoms with Crippen LogP contribution in [0.4, 0.5) is 0 Å². The number of aliphatic hydroxyl groups is 1. The molecular formula is C42H48IrNO2Si2-. The molecular weight excluding hydrogens is 799 g/mol. The minimum atomic E-state index is -2.06. The maximum Gasteiger partial charge on any atom is 0.155 e. The van der Waals surface area contributed by atoms with Gasteiger partial charge in [0.05, 0.1) is 13.8 Å². The van der Waals surface area contributed by atoms with E-state index in [9.17, 15) is 4.79 Å². The third-order valence-corrected chi connectivity index (χ3v) is 15.0. The zero-order valence-corrected chi connectivity index (χ0v) is 34.6. The van der Waals surface area contributed by atoms with E-state index in [1.807, 2.05) is 6.20 Å². The van der Waals surface area contributed by atoms with Crippen LogP contribution in [0.3, 0.4) is 0 Å². The number of benzene rings is 4. The number of hydrogen-bond acceptors (Lipinski definition) is 3. The molecule has 0 amide bonds. The average molecular weight is 847 g/mol. The molecule has 0 atom stereocenters. The number of aliphatic hydroxyl groups excluding tert-OH is 1. The fourth-order valence-electron chi connectivity index (χ4n) is 7.12. The summed E-state index contributed by atoms with van der Waals surface area (Å²) >= 11 is 0. The minimum absolute atomic E-state index is 0. The number of aromatic nitrogens is 1. The molecule has 0 aliphatic carbocycles. The van der Waals surface area contributed by atoms with Crippen LogP contribution < -0.4 is 15.6 Å². The standard InChI is InChI=1S/C37H40NSi2.C5H8O2.Ir/c1-24-29(25-14-16-28(17-15-25)39(5,6)7)18-19-31-32-20-21-38-34(36(32)40(8,9)35(24)31)27-22-26-12-10-11-13-30(26)33(23-27)37(2,3)4;1-4(6)3-5(2)7;/h10-21,23H,1-9H3;3,6H,1-2H3;/q-1;;/b;4-3-;. The molecule has 1 radical (unpaired) electrons. The Kier molecular flexibility index (Phi) is 10.8. The van der Waals surface area contributed by atoms with Crippen molar-refractivity contribution in [3.05, 3.63) is 108 Å². The summed E-state index contributed by atoms with van der Waals surface area (Å²) in [6, 6.07) is 31.2. The van der Waals surface area contributed by atoms with Gasteiger partial charge in [0, 0.05) is 38.1 Å². The molecule has 0 saturated heterocycles. The summed E-state index contributed by atoms with van der Waals surface area (Å²) in [4.78, 5) is 15.1. The largest absolute Gasteiger partial charge is 0.512 e. The number of pyridine rings is 1. The van der Waals surface area contributed by atoms with Gasteiger partial charge in [0.1, 0.15) is 8.07 Å². The first-order chi connectivity index (χ1) is 21.9. The minimum Gasteiger partial charge on any atom is -0.512 e. The first kappa shape index (κ1) is 37.4. The van der Waals surface area contributed by atoms with Gasteiger partial charge < -0.3 is 5.11 Å². The second-order valence-electron chi connectivity index (χ2n) is 15.5. The van der Waals surface area contributed by atoms with Gasteiger partial charge in [-0.3, -0.25) is 9.78 Å². The number of ketones is 1. The molecule has 0 saturated carbocycles. The van der Waals surface area contributed by atoms with Crippen LogP contribution in [0, 0.1) is 13.0 Å². The molecule has 6 rings (SSSR count). The zero-order chi connectivity index (χ0) is 34.5. The summed E-state index contributed by atoms with van der Waals surface area (Å²) in [6.07, 6.45) is 3.17. The molecule has 48 heavy (non-hydrogen) atoms. The Bertz CT molecular complexity index is 2030. The number of nitrogens with zero attached hydrogens (tertiary/aromatic N) is 1. The van der Waals surface area contributed by atoms with Crippen LogP contribution >= 0.6 is 0 Å². The van der Waals surface area contributed by atoms with Crippen molar-refractivity contribution in [2.75, 3.05) is 0 Å². The van der Waals surface area contributed by atoms with Gasteiger partial charge in [0.25, 0.3) is 0 Å². The quantitative estimate of drug-likeness (QED) is 0.0850. The Balaban J connectivity index is 0.000000589. The van der Waals surface area contributed by atoms with E-state index in [0.29, 0.717) is 0 Å². The Morgan fingerprint density at radius 3 is 2.04 bits per heavy atom. The molecule has 0 fully saturated rings. The third-order valence-electron chi connectivity index (χ3n) is 9.27. The van der Waals surface area contributed by atoms with Crippen molar-refractivity contribution in [2.24, 2.45) is 0 Å². The first-order valence-corrected chi connectivity index (χ1v) is 23.0. The van der Waals surface area contributed by atoms with Gasteiger partial charge in [-0.05, 0) is 65.3 Å². The molecule has 1 N–H and O–H groups in total. The second kappa shape index (κ2) is 13.8. The fraction of sp³-hybridized carbons (Fsp3) is 0.286. The Hall–Kier alpha value is -3.42. The van der Waals surface area contributed by atoms with E-state index in [4.69, 9.17) is 10.1 Å². The van der Waals surface area contributed by atoms with Gasteiger partial charge in [-0.15, -0.1) is 29.1 Å². The normalized spacial score (nSPS) is 13.6. The Labute approximate surface area is 302 Å². The van der Waals surface area contributed by atoms with Gasteiger partial charge in [0.2, 0.25) is 0 Å². The van der Waals surface area contributed by atoms with Crippen molar-refractivity contribution >= 4 is 48.3 Å². The van der Waals surface area contributed by atoms with Crippen LogP contribution in [-0.4, -0.2) is 32.0 Å².